The minimum Gasteiger partial charge on any atom is -0.384 e. The first kappa shape index (κ1) is 12.2. The first-order chi connectivity index (χ1) is 9.31. The normalized spacial score (nSPS) is 14.6. The Bertz CT molecular complexity index is 546. The van der Waals surface area contributed by atoms with Crippen LogP contribution in [0, 0.1) is 12.8 Å². The number of para-hydroxylation sites is 1. The molecule has 4 heteroatoms. The number of benzene rings is 1. The van der Waals surface area contributed by atoms with Crippen LogP contribution >= 0.6 is 0 Å². The van der Waals surface area contributed by atoms with Gasteiger partial charge in [-0.2, -0.15) is 4.98 Å². The molecule has 0 saturated heterocycles. The van der Waals surface area contributed by atoms with Crippen LogP contribution in [-0.4, -0.2) is 16.7 Å². The van der Waals surface area contributed by atoms with Crippen molar-refractivity contribution >= 4 is 5.69 Å². The molecule has 1 heterocycles. The standard InChI is InChI=1S/C15H19N3O/c1-11-4-2-3-5-13(11)16-9-8-15-17-14(18-19-15)10-12-6-7-12/h2-5,12,16H,6-10H2,1H3. The van der Waals surface area contributed by atoms with E-state index in [4.69, 9.17) is 4.52 Å². The van der Waals surface area contributed by atoms with Gasteiger partial charge >= 0.3 is 0 Å². The minimum absolute atomic E-state index is 0.733. The molecule has 100 valence electrons. The monoisotopic (exact) mass is 257 g/mol. The molecule has 4 nitrogen and oxygen atoms in total. The summed E-state index contributed by atoms with van der Waals surface area (Å²) < 4.78 is 5.26. The van der Waals surface area contributed by atoms with Crippen molar-refractivity contribution in [1.82, 2.24) is 10.1 Å². The maximum absolute atomic E-state index is 5.26. The lowest BCUT2D eigenvalue weighted by atomic mass is 10.2. The van der Waals surface area contributed by atoms with Crippen molar-refractivity contribution in [2.75, 3.05) is 11.9 Å². The van der Waals surface area contributed by atoms with Crippen molar-refractivity contribution < 1.29 is 4.52 Å². The summed E-state index contributed by atoms with van der Waals surface area (Å²) in [6, 6.07) is 8.27. The van der Waals surface area contributed by atoms with E-state index in [9.17, 15) is 0 Å². The van der Waals surface area contributed by atoms with Crippen molar-refractivity contribution in [1.29, 1.82) is 0 Å². The second-order valence-corrected chi connectivity index (χ2v) is 5.24. The summed E-state index contributed by atoms with van der Waals surface area (Å²) in [6.07, 6.45) is 4.39. The Morgan fingerprint density at radius 2 is 2.16 bits per heavy atom. The smallest absolute Gasteiger partial charge is 0.228 e. The molecule has 1 aliphatic rings. The van der Waals surface area contributed by atoms with Crippen molar-refractivity contribution in [3.8, 4) is 0 Å². The summed E-state index contributed by atoms with van der Waals surface area (Å²) in [5.41, 5.74) is 2.42. The largest absolute Gasteiger partial charge is 0.384 e. The van der Waals surface area contributed by atoms with Gasteiger partial charge in [0.15, 0.2) is 5.82 Å². The summed E-state index contributed by atoms with van der Waals surface area (Å²) >= 11 is 0. The van der Waals surface area contributed by atoms with E-state index in [0.717, 1.165) is 37.0 Å². The fraction of sp³-hybridized carbons (Fsp3) is 0.467. The first-order valence-corrected chi connectivity index (χ1v) is 6.92. The van der Waals surface area contributed by atoms with Crippen molar-refractivity contribution in [2.45, 2.75) is 32.6 Å². The van der Waals surface area contributed by atoms with Gasteiger partial charge in [0, 0.05) is 25.1 Å². The third-order valence-corrected chi connectivity index (χ3v) is 3.48. The minimum atomic E-state index is 0.733. The quantitative estimate of drug-likeness (QED) is 0.864. The predicted molar refractivity (Wildman–Crippen MR) is 74.1 cm³/mol. The SMILES string of the molecule is Cc1ccccc1NCCc1nc(CC2CC2)no1. The molecule has 1 saturated carbocycles. The van der Waals surface area contributed by atoms with Crippen LogP contribution in [0.5, 0.6) is 0 Å². The van der Waals surface area contributed by atoms with Gasteiger partial charge in [0.1, 0.15) is 0 Å². The molecular weight excluding hydrogens is 238 g/mol. The van der Waals surface area contributed by atoms with Crippen molar-refractivity contribution in [2.24, 2.45) is 5.92 Å². The fourth-order valence-electron chi connectivity index (χ4n) is 2.13. The summed E-state index contributed by atoms with van der Waals surface area (Å²) in [6.45, 7) is 2.92. The Kier molecular flexibility index (Phi) is 3.49. The number of hydrogen-bond donors (Lipinski definition) is 1. The molecule has 2 aromatic rings. The number of aryl methyl sites for hydroxylation is 1. The van der Waals surface area contributed by atoms with Gasteiger partial charge in [-0.3, -0.25) is 0 Å². The lowest BCUT2D eigenvalue weighted by Gasteiger charge is -2.07. The van der Waals surface area contributed by atoms with Crippen molar-refractivity contribution in [3.63, 3.8) is 0 Å². The van der Waals surface area contributed by atoms with Crippen molar-refractivity contribution in [3.05, 3.63) is 41.5 Å². The van der Waals surface area contributed by atoms with Gasteiger partial charge in [0.05, 0.1) is 0 Å². The molecule has 0 aliphatic heterocycles. The molecule has 0 radical (unpaired) electrons. The average molecular weight is 257 g/mol. The Balaban J connectivity index is 1.49. The summed E-state index contributed by atoms with van der Waals surface area (Å²) in [5.74, 6) is 2.40. The van der Waals surface area contributed by atoms with E-state index in [1.807, 2.05) is 12.1 Å². The van der Waals surface area contributed by atoms with E-state index in [2.05, 4.69) is 34.5 Å². The van der Waals surface area contributed by atoms with Gasteiger partial charge in [-0.05, 0) is 37.3 Å². The highest BCUT2D eigenvalue weighted by Gasteiger charge is 2.23. The highest BCUT2D eigenvalue weighted by Crippen LogP contribution is 2.31. The molecule has 19 heavy (non-hydrogen) atoms. The number of nitrogens with one attached hydrogen (secondary N) is 1. The van der Waals surface area contributed by atoms with Crippen LogP contribution in [0.4, 0.5) is 5.69 Å². The zero-order valence-corrected chi connectivity index (χ0v) is 11.2. The maximum Gasteiger partial charge on any atom is 0.228 e. The number of hydrogen-bond acceptors (Lipinski definition) is 4. The lowest BCUT2D eigenvalue weighted by molar-refractivity contribution is 0.374. The van der Waals surface area contributed by atoms with E-state index in [1.165, 1.54) is 24.1 Å². The van der Waals surface area contributed by atoms with Crippen LogP contribution in [0.25, 0.3) is 0 Å². The lowest BCUT2D eigenvalue weighted by Crippen LogP contribution is -2.06. The van der Waals surface area contributed by atoms with E-state index >= 15 is 0 Å². The maximum atomic E-state index is 5.26. The van der Waals surface area contributed by atoms with Crippen LogP contribution < -0.4 is 5.32 Å². The molecule has 0 bridgehead atoms. The summed E-state index contributed by atoms with van der Waals surface area (Å²) in [7, 11) is 0. The zero-order chi connectivity index (χ0) is 13.1. The number of aromatic nitrogens is 2. The Morgan fingerprint density at radius 1 is 1.32 bits per heavy atom. The average Bonchev–Trinajstić information content (AvgIpc) is 3.10. The Hall–Kier alpha value is -1.84. The molecule has 1 aliphatic carbocycles. The topological polar surface area (TPSA) is 51.0 Å². The van der Waals surface area contributed by atoms with Crippen LogP contribution in [0.2, 0.25) is 0 Å². The molecule has 3 rings (SSSR count). The molecule has 1 fully saturated rings. The van der Waals surface area contributed by atoms with E-state index in [1.54, 1.807) is 0 Å². The molecular formula is C15H19N3O. The Labute approximate surface area is 113 Å². The fourth-order valence-corrected chi connectivity index (χ4v) is 2.13. The van der Waals surface area contributed by atoms with Crippen LogP contribution in [0.15, 0.2) is 28.8 Å². The second kappa shape index (κ2) is 5.43. The van der Waals surface area contributed by atoms with Crippen LogP contribution in [0.1, 0.15) is 30.1 Å². The Morgan fingerprint density at radius 3 is 2.95 bits per heavy atom. The first-order valence-electron chi connectivity index (χ1n) is 6.92. The van der Waals surface area contributed by atoms with Gasteiger partial charge < -0.3 is 9.84 Å². The van der Waals surface area contributed by atoms with Gasteiger partial charge in [0.2, 0.25) is 5.89 Å². The van der Waals surface area contributed by atoms with E-state index in [0.29, 0.717) is 0 Å². The number of rotatable bonds is 6. The van der Waals surface area contributed by atoms with Gasteiger partial charge in [0.25, 0.3) is 0 Å². The molecule has 0 spiro atoms. The van der Waals surface area contributed by atoms with Crippen LogP contribution in [0.3, 0.4) is 0 Å². The highest BCUT2D eigenvalue weighted by atomic mass is 16.5. The molecule has 0 unspecified atom stereocenters. The van der Waals surface area contributed by atoms with Crippen LogP contribution in [-0.2, 0) is 12.8 Å². The molecule has 1 aromatic carbocycles. The third kappa shape index (κ3) is 3.34. The summed E-state index contributed by atoms with van der Waals surface area (Å²) in [5, 5.41) is 7.42. The van der Waals surface area contributed by atoms with Gasteiger partial charge in [-0.25, -0.2) is 0 Å². The molecule has 1 N–H and O–H groups in total. The summed E-state index contributed by atoms with van der Waals surface area (Å²) in [4.78, 5) is 4.43. The second-order valence-electron chi connectivity index (χ2n) is 5.24. The number of nitrogens with zero attached hydrogens (tertiary/aromatic N) is 2. The van der Waals surface area contributed by atoms with E-state index in [-0.39, 0.29) is 0 Å². The molecule has 0 atom stereocenters. The number of anilines is 1. The van der Waals surface area contributed by atoms with E-state index < -0.39 is 0 Å². The third-order valence-electron chi connectivity index (χ3n) is 3.48. The molecule has 0 amide bonds. The highest BCUT2D eigenvalue weighted by molar-refractivity contribution is 5.50. The van der Waals surface area contributed by atoms with Gasteiger partial charge in [-0.1, -0.05) is 23.4 Å². The predicted octanol–water partition coefficient (Wildman–Crippen LogP) is 2.99. The molecule has 1 aromatic heterocycles. The zero-order valence-electron chi connectivity index (χ0n) is 11.2. The van der Waals surface area contributed by atoms with Gasteiger partial charge in [-0.15, -0.1) is 0 Å².